The van der Waals surface area contributed by atoms with Gasteiger partial charge in [-0.3, -0.25) is 0 Å². The Bertz CT molecular complexity index is 734. The van der Waals surface area contributed by atoms with Crippen LogP contribution in [0.15, 0.2) is 53.5 Å². The van der Waals surface area contributed by atoms with E-state index in [0.717, 1.165) is 24.5 Å². The van der Waals surface area contributed by atoms with Crippen LogP contribution in [0.3, 0.4) is 0 Å². The van der Waals surface area contributed by atoms with Crippen molar-refractivity contribution >= 4 is 23.5 Å². The average Bonchev–Trinajstić information content (AvgIpc) is 2.57. The summed E-state index contributed by atoms with van der Waals surface area (Å²) in [5, 5.41) is 0.198. The molecule has 0 saturated carbocycles. The number of para-hydroxylation sites is 2. The Morgan fingerprint density at radius 2 is 1.95 bits per heavy atom. The largest absolute Gasteiger partial charge is 0.425 e. The number of amidine groups is 1. The van der Waals surface area contributed by atoms with Crippen molar-refractivity contribution in [2.45, 2.75) is 11.8 Å². The summed E-state index contributed by atoms with van der Waals surface area (Å²) < 4.78 is 19.8. The minimum Gasteiger partial charge on any atom is -0.425 e. The van der Waals surface area contributed by atoms with Gasteiger partial charge in [0.15, 0.2) is 0 Å². The summed E-state index contributed by atoms with van der Waals surface area (Å²) in [5.74, 6) is 1.59. The van der Waals surface area contributed by atoms with Gasteiger partial charge in [0.2, 0.25) is 0 Å². The van der Waals surface area contributed by atoms with Crippen LogP contribution in [-0.4, -0.2) is 23.2 Å². The number of benzene rings is 2. The van der Waals surface area contributed by atoms with Crippen molar-refractivity contribution in [2.24, 2.45) is 4.99 Å². The van der Waals surface area contributed by atoms with Crippen molar-refractivity contribution in [3.63, 3.8) is 0 Å². The van der Waals surface area contributed by atoms with Gasteiger partial charge in [0.25, 0.3) is 6.02 Å². The summed E-state index contributed by atoms with van der Waals surface area (Å²) in [6.07, 6.45) is 1.07. The van der Waals surface area contributed by atoms with Crippen LogP contribution in [0.1, 0.15) is 17.4 Å². The second-order valence-electron chi connectivity index (χ2n) is 5.26. The maximum absolute atomic E-state index is 13.9. The second kappa shape index (κ2) is 5.65. The first kappa shape index (κ1) is 13.6. The molecule has 0 N–H and O–H groups in total. The highest BCUT2D eigenvalue weighted by molar-refractivity contribution is 7.99. The predicted octanol–water partition coefficient (Wildman–Crippen LogP) is 4.34. The molecule has 1 fully saturated rings. The lowest BCUT2D eigenvalue weighted by Gasteiger charge is -2.40. The highest BCUT2D eigenvalue weighted by atomic mass is 32.2. The fourth-order valence-electron chi connectivity index (χ4n) is 2.76. The predicted molar refractivity (Wildman–Crippen MR) is 87.1 cm³/mol. The lowest BCUT2D eigenvalue weighted by molar-refractivity contribution is 0.289. The topological polar surface area (TPSA) is 24.8 Å². The van der Waals surface area contributed by atoms with Gasteiger partial charge in [-0.15, -0.1) is 11.8 Å². The fraction of sp³-hybridized carbons (Fsp3) is 0.235. The van der Waals surface area contributed by atoms with Crippen LogP contribution in [-0.2, 0) is 0 Å². The van der Waals surface area contributed by atoms with Gasteiger partial charge < -0.3 is 9.64 Å². The van der Waals surface area contributed by atoms with Gasteiger partial charge in [-0.05, 0) is 30.4 Å². The van der Waals surface area contributed by atoms with Crippen LogP contribution >= 0.6 is 11.8 Å². The summed E-state index contributed by atoms with van der Waals surface area (Å²) in [4.78, 5) is 6.56. The normalized spacial score (nSPS) is 22.0. The zero-order valence-electron chi connectivity index (χ0n) is 11.9. The van der Waals surface area contributed by atoms with Crippen molar-refractivity contribution in [3.8, 4) is 5.75 Å². The Morgan fingerprint density at radius 1 is 1.14 bits per heavy atom. The molecule has 2 aromatic rings. The number of ether oxygens (including phenoxy) is 1. The van der Waals surface area contributed by atoms with E-state index >= 15 is 0 Å². The number of nitrogens with zero attached hydrogens (tertiary/aromatic N) is 2. The van der Waals surface area contributed by atoms with Crippen LogP contribution in [0.4, 0.5) is 10.1 Å². The van der Waals surface area contributed by atoms with Gasteiger partial charge in [0.1, 0.15) is 22.6 Å². The Balaban J connectivity index is 1.79. The van der Waals surface area contributed by atoms with Crippen molar-refractivity contribution < 1.29 is 9.13 Å². The zero-order chi connectivity index (χ0) is 14.9. The van der Waals surface area contributed by atoms with E-state index < -0.39 is 0 Å². The van der Waals surface area contributed by atoms with E-state index in [1.807, 2.05) is 30.0 Å². The van der Waals surface area contributed by atoms with Crippen LogP contribution in [0.2, 0.25) is 0 Å². The lowest BCUT2D eigenvalue weighted by atomic mass is 10.1. The van der Waals surface area contributed by atoms with Crippen molar-refractivity contribution in [3.05, 3.63) is 59.9 Å². The van der Waals surface area contributed by atoms with Crippen LogP contribution in [0.25, 0.3) is 0 Å². The maximum Gasteiger partial charge on any atom is 0.299 e. The molecule has 0 unspecified atom stereocenters. The lowest BCUT2D eigenvalue weighted by Crippen LogP contribution is -2.43. The van der Waals surface area contributed by atoms with E-state index in [1.54, 1.807) is 18.2 Å². The summed E-state index contributed by atoms with van der Waals surface area (Å²) in [6, 6.07) is 15.0. The molecule has 22 heavy (non-hydrogen) atoms. The molecule has 0 radical (unpaired) electrons. The van der Waals surface area contributed by atoms with Crippen molar-refractivity contribution in [2.75, 3.05) is 12.3 Å². The summed E-state index contributed by atoms with van der Waals surface area (Å²) >= 11 is 1.88. The van der Waals surface area contributed by atoms with E-state index in [-0.39, 0.29) is 11.2 Å². The first-order valence-electron chi connectivity index (χ1n) is 7.31. The molecular weight excluding hydrogens is 299 g/mol. The third kappa shape index (κ3) is 2.35. The van der Waals surface area contributed by atoms with E-state index in [1.165, 1.54) is 11.6 Å². The summed E-state index contributed by atoms with van der Waals surface area (Å²) in [5.41, 5.74) is 1.48. The fourth-order valence-corrected chi connectivity index (χ4v) is 4.03. The molecule has 0 aliphatic carbocycles. The minimum absolute atomic E-state index is 0.198. The first-order valence-corrected chi connectivity index (χ1v) is 8.36. The number of hydrogen-bond acceptors (Lipinski definition) is 3. The standard InChI is InChI=1S/C17H15FN2OS/c18-13-7-2-3-8-14(13)19-17-20-10-5-11-22-16(20)12-6-1-4-9-15(12)21-17/h1-4,6-9,16H,5,10-11H2/t16-/m0/s1. The van der Waals surface area contributed by atoms with E-state index in [4.69, 9.17) is 4.74 Å². The molecule has 2 heterocycles. The quantitative estimate of drug-likeness (QED) is 0.782. The van der Waals surface area contributed by atoms with Crippen molar-refractivity contribution in [1.82, 2.24) is 4.90 Å². The van der Waals surface area contributed by atoms with E-state index in [0.29, 0.717) is 11.7 Å². The molecule has 3 nitrogen and oxygen atoms in total. The summed E-state index contributed by atoms with van der Waals surface area (Å²) in [6.45, 7) is 0.874. The minimum atomic E-state index is -0.335. The highest BCUT2D eigenvalue weighted by Crippen LogP contribution is 2.44. The van der Waals surface area contributed by atoms with Crippen LogP contribution in [0, 0.1) is 5.82 Å². The molecular formula is C17H15FN2OS. The Morgan fingerprint density at radius 3 is 2.86 bits per heavy atom. The molecule has 0 amide bonds. The van der Waals surface area contributed by atoms with Crippen molar-refractivity contribution in [1.29, 1.82) is 0 Å². The third-order valence-corrected chi connectivity index (χ3v) is 5.15. The Kier molecular flexibility index (Phi) is 3.50. The first-order chi connectivity index (χ1) is 10.8. The molecule has 1 saturated heterocycles. The molecule has 5 heteroatoms. The second-order valence-corrected chi connectivity index (χ2v) is 6.44. The molecule has 0 bridgehead atoms. The molecule has 4 rings (SSSR count). The molecule has 0 spiro atoms. The van der Waals surface area contributed by atoms with Gasteiger partial charge in [-0.2, -0.15) is 4.99 Å². The highest BCUT2D eigenvalue weighted by Gasteiger charge is 2.35. The SMILES string of the molecule is Fc1ccccc1N=C1Oc2ccccc2[C@@H]2SCCCN12. The van der Waals surface area contributed by atoms with E-state index in [2.05, 4.69) is 16.0 Å². The van der Waals surface area contributed by atoms with E-state index in [9.17, 15) is 4.39 Å². The van der Waals surface area contributed by atoms with Crippen LogP contribution < -0.4 is 4.74 Å². The number of fused-ring (bicyclic) bond motifs is 3. The molecule has 2 aliphatic rings. The van der Waals surface area contributed by atoms with Gasteiger partial charge in [-0.1, -0.05) is 30.3 Å². The van der Waals surface area contributed by atoms with Gasteiger partial charge in [0, 0.05) is 12.1 Å². The number of thioether (sulfide) groups is 1. The molecule has 0 aromatic heterocycles. The third-order valence-electron chi connectivity index (χ3n) is 3.80. The number of hydrogen-bond donors (Lipinski definition) is 0. The van der Waals surface area contributed by atoms with Gasteiger partial charge >= 0.3 is 0 Å². The Labute approximate surface area is 132 Å². The smallest absolute Gasteiger partial charge is 0.299 e. The summed E-state index contributed by atoms with van der Waals surface area (Å²) in [7, 11) is 0. The molecule has 1 atom stereocenters. The maximum atomic E-state index is 13.9. The van der Waals surface area contributed by atoms with Gasteiger partial charge in [-0.25, -0.2) is 4.39 Å². The van der Waals surface area contributed by atoms with Gasteiger partial charge in [0.05, 0.1) is 0 Å². The Hall–Kier alpha value is -2.01. The molecule has 112 valence electrons. The number of rotatable bonds is 1. The zero-order valence-corrected chi connectivity index (χ0v) is 12.7. The number of aliphatic imine (C=N–C) groups is 1. The number of halogens is 1. The monoisotopic (exact) mass is 314 g/mol. The van der Waals surface area contributed by atoms with Crippen LogP contribution in [0.5, 0.6) is 5.75 Å². The molecule has 2 aromatic carbocycles. The average molecular weight is 314 g/mol. The molecule has 2 aliphatic heterocycles.